The van der Waals surface area contributed by atoms with Gasteiger partial charge < -0.3 is 14.6 Å². The number of amides is 1. The molecule has 0 aliphatic carbocycles. The molecular formula is C20H18F2N2O2. The van der Waals surface area contributed by atoms with E-state index in [9.17, 15) is 13.6 Å². The smallest absolute Gasteiger partial charge is 0.289 e. The minimum atomic E-state index is -0.888. The average Bonchev–Trinajstić information content (AvgIpc) is 3.08. The number of anilines is 1. The summed E-state index contributed by atoms with van der Waals surface area (Å²) in [7, 11) is 0. The second-order valence-corrected chi connectivity index (χ2v) is 6.51. The van der Waals surface area contributed by atoms with Crippen LogP contribution in [0.5, 0.6) is 0 Å². The zero-order valence-electron chi connectivity index (χ0n) is 14.0. The van der Waals surface area contributed by atoms with Crippen molar-refractivity contribution in [3.63, 3.8) is 0 Å². The number of carbonyl (C=O) groups excluding carboxylic acids is 1. The van der Waals surface area contributed by atoms with Crippen molar-refractivity contribution in [2.45, 2.75) is 18.9 Å². The number of benzene rings is 2. The highest BCUT2D eigenvalue weighted by Crippen LogP contribution is 2.23. The normalized spacial score (nSPS) is 17.5. The van der Waals surface area contributed by atoms with Gasteiger partial charge in [0.15, 0.2) is 17.4 Å². The largest absolute Gasteiger partial charge is 0.451 e. The van der Waals surface area contributed by atoms with E-state index in [-0.39, 0.29) is 11.9 Å². The predicted octanol–water partition coefficient (Wildman–Crippen LogP) is 4.43. The standard InChI is InChI=1S/C20H18F2N2O2/c21-16-8-7-14(11-17(16)22)23-15-5-3-9-24(12-15)20(25)19-10-13-4-1-2-6-18(13)26-19/h1-2,4,6-8,10-11,15,23H,3,5,9,12H2. The molecule has 2 heterocycles. The molecule has 1 N–H and O–H groups in total. The number of carbonyl (C=O) groups is 1. The summed E-state index contributed by atoms with van der Waals surface area (Å²) in [6.45, 7) is 1.13. The van der Waals surface area contributed by atoms with Crippen molar-refractivity contribution in [2.24, 2.45) is 0 Å². The summed E-state index contributed by atoms with van der Waals surface area (Å²) in [6, 6.07) is 12.9. The number of para-hydroxylation sites is 1. The van der Waals surface area contributed by atoms with E-state index >= 15 is 0 Å². The molecule has 0 spiro atoms. The van der Waals surface area contributed by atoms with E-state index in [0.29, 0.717) is 30.1 Å². The highest BCUT2D eigenvalue weighted by Gasteiger charge is 2.26. The lowest BCUT2D eigenvalue weighted by atomic mass is 10.0. The van der Waals surface area contributed by atoms with Gasteiger partial charge in [-0.25, -0.2) is 8.78 Å². The van der Waals surface area contributed by atoms with Gasteiger partial charge in [0.25, 0.3) is 5.91 Å². The van der Waals surface area contributed by atoms with E-state index in [1.807, 2.05) is 24.3 Å². The monoisotopic (exact) mass is 356 g/mol. The molecular weight excluding hydrogens is 338 g/mol. The molecule has 4 nitrogen and oxygen atoms in total. The lowest BCUT2D eigenvalue weighted by molar-refractivity contribution is 0.0685. The molecule has 6 heteroatoms. The Hall–Kier alpha value is -2.89. The molecule has 134 valence electrons. The third-order valence-corrected chi connectivity index (χ3v) is 4.64. The number of nitrogens with one attached hydrogen (secondary N) is 1. The quantitative estimate of drug-likeness (QED) is 0.755. The Morgan fingerprint density at radius 1 is 1.12 bits per heavy atom. The van der Waals surface area contributed by atoms with Crippen LogP contribution in [0.25, 0.3) is 11.0 Å². The fourth-order valence-electron chi connectivity index (χ4n) is 3.34. The van der Waals surface area contributed by atoms with E-state index in [4.69, 9.17) is 4.42 Å². The second kappa shape index (κ2) is 6.78. The number of likely N-dealkylation sites (tertiary alicyclic amines) is 1. The lowest BCUT2D eigenvalue weighted by Gasteiger charge is -2.33. The maximum atomic E-state index is 13.4. The predicted molar refractivity (Wildman–Crippen MR) is 95.1 cm³/mol. The van der Waals surface area contributed by atoms with E-state index in [0.717, 1.165) is 30.4 Å². The molecule has 3 aromatic rings. The van der Waals surface area contributed by atoms with E-state index in [2.05, 4.69) is 5.32 Å². The SMILES string of the molecule is O=C(c1cc2ccccc2o1)N1CCCC(Nc2ccc(F)c(F)c2)C1. The number of hydrogen-bond donors (Lipinski definition) is 1. The molecule has 0 radical (unpaired) electrons. The van der Waals surface area contributed by atoms with Gasteiger partial charge in [-0.05, 0) is 37.1 Å². The Bertz CT molecular complexity index is 921. The molecule has 1 aliphatic heterocycles. The van der Waals surface area contributed by atoms with Gasteiger partial charge in [0.2, 0.25) is 0 Å². The first kappa shape index (κ1) is 16.6. The maximum absolute atomic E-state index is 13.4. The van der Waals surface area contributed by atoms with Gasteiger partial charge in [0, 0.05) is 36.3 Å². The zero-order valence-corrected chi connectivity index (χ0v) is 14.0. The van der Waals surface area contributed by atoms with Crippen LogP contribution in [-0.4, -0.2) is 29.9 Å². The molecule has 1 aromatic heterocycles. The van der Waals surface area contributed by atoms with E-state index < -0.39 is 11.6 Å². The summed E-state index contributed by atoms with van der Waals surface area (Å²) in [6.07, 6.45) is 1.68. The van der Waals surface area contributed by atoms with Crippen LogP contribution >= 0.6 is 0 Å². The summed E-state index contributed by atoms with van der Waals surface area (Å²) in [5.74, 6) is -1.60. The van der Waals surface area contributed by atoms with E-state index in [1.165, 1.54) is 6.07 Å². The molecule has 0 bridgehead atoms. The molecule has 4 rings (SSSR count). The Morgan fingerprint density at radius 2 is 1.96 bits per heavy atom. The molecule has 1 fully saturated rings. The maximum Gasteiger partial charge on any atom is 0.289 e. The molecule has 1 atom stereocenters. The van der Waals surface area contributed by atoms with Crippen LogP contribution in [-0.2, 0) is 0 Å². The Kier molecular flexibility index (Phi) is 4.32. The first-order chi connectivity index (χ1) is 12.6. The van der Waals surface area contributed by atoms with Crippen LogP contribution in [0.2, 0.25) is 0 Å². The second-order valence-electron chi connectivity index (χ2n) is 6.51. The third kappa shape index (κ3) is 3.27. The number of nitrogens with zero attached hydrogens (tertiary/aromatic N) is 1. The van der Waals surface area contributed by atoms with Crippen LogP contribution < -0.4 is 5.32 Å². The third-order valence-electron chi connectivity index (χ3n) is 4.64. The van der Waals surface area contributed by atoms with Crippen LogP contribution in [0, 0.1) is 11.6 Å². The highest BCUT2D eigenvalue weighted by molar-refractivity contribution is 5.96. The number of rotatable bonds is 3. The molecule has 1 saturated heterocycles. The van der Waals surface area contributed by atoms with Crippen molar-refractivity contribution in [1.29, 1.82) is 0 Å². The molecule has 1 aliphatic rings. The Balaban J connectivity index is 1.47. The molecule has 2 aromatic carbocycles. The first-order valence-corrected chi connectivity index (χ1v) is 8.59. The van der Waals surface area contributed by atoms with Gasteiger partial charge in [0.1, 0.15) is 5.58 Å². The number of fused-ring (bicyclic) bond motifs is 1. The molecule has 1 amide bonds. The number of furan rings is 1. The van der Waals surface area contributed by atoms with Gasteiger partial charge in [0.05, 0.1) is 0 Å². The lowest BCUT2D eigenvalue weighted by Crippen LogP contribution is -2.45. The van der Waals surface area contributed by atoms with Crippen molar-refractivity contribution in [3.05, 3.63) is 65.9 Å². The van der Waals surface area contributed by atoms with Crippen molar-refractivity contribution in [1.82, 2.24) is 4.90 Å². The summed E-state index contributed by atoms with van der Waals surface area (Å²) < 4.78 is 32.1. The summed E-state index contributed by atoms with van der Waals surface area (Å²) in [5, 5.41) is 4.07. The summed E-state index contributed by atoms with van der Waals surface area (Å²) >= 11 is 0. The molecule has 1 unspecified atom stereocenters. The van der Waals surface area contributed by atoms with Crippen molar-refractivity contribution < 1.29 is 18.0 Å². The van der Waals surface area contributed by atoms with Crippen LogP contribution in [0.15, 0.2) is 52.9 Å². The highest BCUT2D eigenvalue weighted by atomic mass is 19.2. The minimum absolute atomic E-state index is 0.0260. The van der Waals surface area contributed by atoms with Gasteiger partial charge in [-0.15, -0.1) is 0 Å². The summed E-state index contributed by atoms with van der Waals surface area (Å²) in [5.41, 5.74) is 1.19. The van der Waals surface area contributed by atoms with Crippen molar-refractivity contribution in [3.8, 4) is 0 Å². The number of hydrogen-bond acceptors (Lipinski definition) is 3. The van der Waals surface area contributed by atoms with Gasteiger partial charge in [-0.2, -0.15) is 0 Å². The fraction of sp³-hybridized carbons (Fsp3) is 0.250. The van der Waals surface area contributed by atoms with Crippen LogP contribution in [0.4, 0.5) is 14.5 Å². The topological polar surface area (TPSA) is 45.5 Å². The van der Waals surface area contributed by atoms with Gasteiger partial charge in [-0.3, -0.25) is 4.79 Å². The first-order valence-electron chi connectivity index (χ1n) is 8.59. The van der Waals surface area contributed by atoms with E-state index in [1.54, 1.807) is 11.0 Å². The minimum Gasteiger partial charge on any atom is -0.451 e. The van der Waals surface area contributed by atoms with Gasteiger partial charge >= 0.3 is 0 Å². The Labute approximate surface area is 149 Å². The van der Waals surface area contributed by atoms with Gasteiger partial charge in [-0.1, -0.05) is 18.2 Å². The van der Waals surface area contributed by atoms with Crippen molar-refractivity contribution in [2.75, 3.05) is 18.4 Å². The van der Waals surface area contributed by atoms with Crippen molar-refractivity contribution >= 4 is 22.6 Å². The molecule has 0 saturated carbocycles. The fourth-order valence-corrected chi connectivity index (χ4v) is 3.34. The number of piperidine rings is 1. The Morgan fingerprint density at radius 3 is 2.77 bits per heavy atom. The number of halogens is 2. The summed E-state index contributed by atoms with van der Waals surface area (Å²) in [4.78, 5) is 14.5. The average molecular weight is 356 g/mol. The van der Waals surface area contributed by atoms with Crippen LogP contribution in [0.1, 0.15) is 23.4 Å². The van der Waals surface area contributed by atoms with Crippen LogP contribution in [0.3, 0.4) is 0 Å². The molecule has 26 heavy (non-hydrogen) atoms. The zero-order chi connectivity index (χ0) is 18.1.